The molecule has 5 nitrogen and oxygen atoms in total. The van der Waals surface area contributed by atoms with Crippen LogP contribution in [0.5, 0.6) is 11.5 Å². The van der Waals surface area contributed by atoms with Gasteiger partial charge < -0.3 is 14.2 Å². The van der Waals surface area contributed by atoms with Crippen molar-refractivity contribution >= 4 is 17.6 Å². The largest absolute Gasteiger partial charge is 0.497 e. The third-order valence-corrected chi connectivity index (χ3v) is 6.43. The molecule has 0 bridgehead atoms. The zero-order valence-electron chi connectivity index (χ0n) is 19.9. The van der Waals surface area contributed by atoms with Crippen LogP contribution in [0.15, 0.2) is 42.0 Å². The van der Waals surface area contributed by atoms with Crippen molar-refractivity contribution in [1.29, 1.82) is 0 Å². The normalized spacial score (nSPS) is 17.8. The van der Waals surface area contributed by atoms with Gasteiger partial charge in [-0.25, -0.2) is 0 Å². The standard InChI is InChI=1S/C28H32O5/c1-28(2)14-25(29)23(26(30)15-28)13-22-24(21(19-7-8-19)11-12-27(22)32-4)17-33-16-18-5-9-20(31-3)10-6-18/h5-6,9-13,19H,7-8,14-17H2,1-4H3. The van der Waals surface area contributed by atoms with Crippen LogP contribution in [-0.4, -0.2) is 25.8 Å². The zero-order chi connectivity index (χ0) is 23.6. The molecular weight excluding hydrogens is 416 g/mol. The van der Waals surface area contributed by atoms with Gasteiger partial charge in [0.15, 0.2) is 11.6 Å². The number of ether oxygens (including phenoxy) is 3. The van der Waals surface area contributed by atoms with E-state index in [1.165, 1.54) is 5.56 Å². The highest BCUT2D eigenvalue weighted by molar-refractivity contribution is 6.25. The van der Waals surface area contributed by atoms with Crippen LogP contribution in [0.1, 0.15) is 67.7 Å². The van der Waals surface area contributed by atoms with Crippen molar-refractivity contribution < 1.29 is 23.8 Å². The lowest BCUT2D eigenvalue weighted by Crippen LogP contribution is -2.31. The highest BCUT2D eigenvalue weighted by Gasteiger charge is 2.36. The first kappa shape index (κ1) is 23.2. The van der Waals surface area contributed by atoms with Crippen LogP contribution in [0.2, 0.25) is 0 Å². The Morgan fingerprint density at radius 1 is 0.909 bits per heavy atom. The molecule has 0 N–H and O–H groups in total. The van der Waals surface area contributed by atoms with E-state index >= 15 is 0 Å². The molecule has 2 fully saturated rings. The molecule has 0 spiro atoms. The molecule has 0 saturated heterocycles. The second kappa shape index (κ2) is 9.52. The van der Waals surface area contributed by atoms with E-state index in [1.54, 1.807) is 20.3 Å². The molecule has 2 saturated carbocycles. The molecule has 5 heteroatoms. The van der Waals surface area contributed by atoms with Crippen LogP contribution >= 0.6 is 0 Å². The minimum absolute atomic E-state index is 0.0970. The molecule has 4 rings (SSSR count). The minimum Gasteiger partial charge on any atom is -0.497 e. The monoisotopic (exact) mass is 448 g/mol. The summed E-state index contributed by atoms with van der Waals surface area (Å²) in [7, 11) is 3.26. The SMILES string of the molecule is COc1ccc(COCc2c(C3CC3)ccc(OC)c2C=C2C(=O)CC(C)(C)CC2=O)cc1. The first-order chi connectivity index (χ1) is 15.8. The first-order valence-corrected chi connectivity index (χ1v) is 11.5. The van der Waals surface area contributed by atoms with Crippen molar-refractivity contribution in [3.05, 3.63) is 64.2 Å². The predicted octanol–water partition coefficient (Wildman–Crippen LogP) is 5.64. The van der Waals surface area contributed by atoms with Gasteiger partial charge in [-0.1, -0.05) is 32.0 Å². The number of hydrogen-bond acceptors (Lipinski definition) is 5. The van der Waals surface area contributed by atoms with Crippen LogP contribution in [0.25, 0.3) is 6.08 Å². The Balaban J connectivity index is 1.65. The third kappa shape index (κ3) is 5.36. The molecule has 0 aliphatic heterocycles. The lowest BCUT2D eigenvalue weighted by molar-refractivity contribution is -0.127. The van der Waals surface area contributed by atoms with Gasteiger partial charge >= 0.3 is 0 Å². The number of carbonyl (C=O) groups is 2. The van der Waals surface area contributed by atoms with Crippen molar-refractivity contribution in [3.63, 3.8) is 0 Å². The lowest BCUT2D eigenvalue weighted by atomic mass is 9.73. The van der Waals surface area contributed by atoms with Gasteiger partial charge in [0.05, 0.1) is 33.0 Å². The molecular formula is C28H32O5. The summed E-state index contributed by atoms with van der Waals surface area (Å²) < 4.78 is 17.0. The molecule has 0 amide bonds. The first-order valence-electron chi connectivity index (χ1n) is 11.5. The van der Waals surface area contributed by atoms with E-state index in [4.69, 9.17) is 14.2 Å². The van der Waals surface area contributed by atoms with E-state index < -0.39 is 0 Å². The summed E-state index contributed by atoms with van der Waals surface area (Å²) in [6.07, 6.45) is 4.77. The van der Waals surface area contributed by atoms with Crippen molar-refractivity contribution in [1.82, 2.24) is 0 Å². The van der Waals surface area contributed by atoms with Crippen molar-refractivity contribution in [2.24, 2.45) is 5.41 Å². The van der Waals surface area contributed by atoms with Gasteiger partial charge in [0.2, 0.25) is 0 Å². The third-order valence-electron chi connectivity index (χ3n) is 6.43. The average molecular weight is 449 g/mol. The number of ketones is 2. The number of rotatable bonds is 8. The molecule has 174 valence electrons. The van der Waals surface area contributed by atoms with E-state index in [9.17, 15) is 9.59 Å². The number of carbonyl (C=O) groups excluding carboxylic acids is 2. The van der Waals surface area contributed by atoms with Gasteiger partial charge in [0.25, 0.3) is 0 Å². The van der Waals surface area contributed by atoms with E-state index in [0.29, 0.717) is 37.7 Å². The van der Waals surface area contributed by atoms with Crippen molar-refractivity contribution in [3.8, 4) is 11.5 Å². The van der Waals surface area contributed by atoms with Gasteiger partial charge in [0, 0.05) is 18.4 Å². The summed E-state index contributed by atoms with van der Waals surface area (Å²) in [5.41, 5.74) is 4.03. The molecule has 2 aliphatic rings. The Hall–Kier alpha value is -2.92. The predicted molar refractivity (Wildman–Crippen MR) is 127 cm³/mol. The van der Waals surface area contributed by atoms with Gasteiger partial charge in [-0.15, -0.1) is 0 Å². The smallest absolute Gasteiger partial charge is 0.167 e. The Morgan fingerprint density at radius 3 is 2.15 bits per heavy atom. The fraction of sp³-hybridized carbons (Fsp3) is 0.429. The number of hydrogen-bond donors (Lipinski definition) is 0. The number of Topliss-reactive ketones (excluding diaryl/α,β-unsaturated/α-hetero) is 2. The number of allylic oxidation sites excluding steroid dienone is 1. The minimum atomic E-state index is -0.296. The fourth-order valence-electron chi connectivity index (χ4n) is 4.51. The molecule has 33 heavy (non-hydrogen) atoms. The van der Waals surface area contributed by atoms with Gasteiger partial charge in [-0.05, 0) is 65.1 Å². The zero-order valence-corrected chi connectivity index (χ0v) is 19.9. The fourth-order valence-corrected chi connectivity index (χ4v) is 4.51. The van der Waals surface area contributed by atoms with Crippen LogP contribution in [-0.2, 0) is 27.5 Å². The summed E-state index contributed by atoms with van der Waals surface area (Å²) in [6.45, 7) is 4.76. The molecule has 0 aromatic heterocycles. The highest BCUT2D eigenvalue weighted by Crippen LogP contribution is 2.45. The Kier molecular flexibility index (Phi) is 6.71. The maximum Gasteiger partial charge on any atom is 0.167 e. The topological polar surface area (TPSA) is 61.8 Å². The second-order valence-corrected chi connectivity index (χ2v) is 9.79. The van der Waals surface area contributed by atoms with Crippen LogP contribution in [0.4, 0.5) is 0 Å². The lowest BCUT2D eigenvalue weighted by Gasteiger charge is -2.28. The number of benzene rings is 2. The Bertz CT molecular complexity index is 1050. The molecule has 0 heterocycles. The van der Waals surface area contributed by atoms with E-state index in [0.717, 1.165) is 35.3 Å². The van der Waals surface area contributed by atoms with Gasteiger partial charge in [-0.3, -0.25) is 9.59 Å². The molecule has 0 atom stereocenters. The van der Waals surface area contributed by atoms with Crippen LogP contribution in [0, 0.1) is 5.41 Å². The summed E-state index contributed by atoms with van der Waals surface area (Å²) in [6, 6.07) is 11.8. The highest BCUT2D eigenvalue weighted by atomic mass is 16.5. The second-order valence-electron chi connectivity index (χ2n) is 9.79. The van der Waals surface area contributed by atoms with Crippen LogP contribution in [0.3, 0.4) is 0 Å². The van der Waals surface area contributed by atoms with Crippen LogP contribution < -0.4 is 9.47 Å². The Morgan fingerprint density at radius 2 is 1.58 bits per heavy atom. The van der Waals surface area contributed by atoms with Crippen molar-refractivity contribution in [2.45, 2.75) is 58.7 Å². The van der Waals surface area contributed by atoms with Gasteiger partial charge in [-0.2, -0.15) is 0 Å². The quantitative estimate of drug-likeness (QED) is 0.386. The van der Waals surface area contributed by atoms with E-state index in [2.05, 4.69) is 6.07 Å². The summed E-state index contributed by atoms with van der Waals surface area (Å²) in [4.78, 5) is 25.7. The molecule has 2 aliphatic carbocycles. The van der Waals surface area contributed by atoms with Gasteiger partial charge in [0.1, 0.15) is 11.5 Å². The van der Waals surface area contributed by atoms with Crippen molar-refractivity contribution in [2.75, 3.05) is 14.2 Å². The molecule has 0 unspecified atom stereocenters. The molecule has 0 radical (unpaired) electrons. The average Bonchev–Trinajstić information content (AvgIpc) is 3.61. The van der Waals surface area contributed by atoms with E-state index in [-0.39, 0.29) is 22.6 Å². The molecule has 2 aromatic carbocycles. The summed E-state index contributed by atoms with van der Waals surface area (Å²) in [5, 5.41) is 0. The van der Waals surface area contributed by atoms with E-state index in [1.807, 2.05) is 44.2 Å². The summed E-state index contributed by atoms with van der Waals surface area (Å²) in [5.74, 6) is 1.76. The maximum absolute atomic E-state index is 12.8. The number of methoxy groups -OCH3 is 2. The molecule has 2 aromatic rings. The Labute approximate surface area is 195 Å². The summed E-state index contributed by atoms with van der Waals surface area (Å²) >= 11 is 0. The maximum atomic E-state index is 12.8.